The number of hydrogen-bond donors (Lipinski definition) is 0. The Morgan fingerprint density at radius 2 is 1.00 bits per heavy atom. The summed E-state index contributed by atoms with van der Waals surface area (Å²) in [6, 6.07) is 11.5. The molecule has 0 amide bonds. The summed E-state index contributed by atoms with van der Waals surface area (Å²) in [4.78, 5) is 23.8. The number of esters is 2. The molecule has 0 fully saturated rings. The van der Waals surface area contributed by atoms with Crippen molar-refractivity contribution < 1.29 is 19.1 Å². The fraction of sp³-hybridized carbons (Fsp3) is 0.100. The number of carbonyl (C=O) groups excluding carboxylic acids is 2. The molecule has 0 spiro atoms. The van der Waals surface area contributed by atoms with Gasteiger partial charge in [0.25, 0.3) is 0 Å². The molecule has 0 aliphatic carbocycles. The van der Waals surface area contributed by atoms with Crippen molar-refractivity contribution in [2.75, 3.05) is 13.2 Å². The lowest BCUT2D eigenvalue weighted by molar-refractivity contribution is 0.0541. The van der Waals surface area contributed by atoms with E-state index in [1.54, 1.807) is 0 Å². The van der Waals surface area contributed by atoms with Crippen molar-refractivity contribution in [2.24, 2.45) is 0 Å². The number of hydrogen-bond acceptors (Lipinski definition) is 4. The number of carbonyl (C=O) groups is 2. The molecule has 3 aromatic rings. The zero-order valence-electron chi connectivity index (χ0n) is 12.7. The third kappa shape index (κ3) is 1.68. The van der Waals surface area contributed by atoms with E-state index in [0.29, 0.717) is 24.3 Å². The zero-order valence-corrected chi connectivity index (χ0v) is 12.7. The summed E-state index contributed by atoms with van der Waals surface area (Å²) in [6.45, 7) is 0.597. The van der Waals surface area contributed by atoms with Gasteiger partial charge in [-0.1, -0.05) is 24.3 Å². The van der Waals surface area contributed by atoms with Gasteiger partial charge in [0.05, 0.1) is 11.1 Å². The smallest absolute Gasteiger partial charge is 0.339 e. The van der Waals surface area contributed by atoms with Crippen LogP contribution in [0.4, 0.5) is 0 Å². The minimum Gasteiger partial charge on any atom is -0.458 e. The van der Waals surface area contributed by atoms with E-state index < -0.39 is 0 Å². The van der Waals surface area contributed by atoms with Crippen molar-refractivity contribution in [1.29, 1.82) is 0 Å². The van der Waals surface area contributed by atoms with E-state index >= 15 is 0 Å². The van der Waals surface area contributed by atoms with E-state index in [1.165, 1.54) is 0 Å². The van der Waals surface area contributed by atoms with Gasteiger partial charge in [0, 0.05) is 0 Å². The van der Waals surface area contributed by atoms with Crippen molar-refractivity contribution in [3.05, 3.63) is 58.0 Å². The fourth-order valence-electron chi connectivity index (χ4n) is 3.62. The van der Waals surface area contributed by atoms with Gasteiger partial charge in [-0.2, -0.15) is 0 Å². The number of benzene rings is 3. The number of rotatable bonds is 0. The Labute approximate surface area is 136 Å². The molecule has 0 saturated heterocycles. The van der Waals surface area contributed by atoms with Crippen LogP contribution in [-0.4, -0.2) is 25.2 Å². The van der Waals surface area contributed by atoms with Crippen LogP contribution in [0.15, 0.2) is 36.4 Å². The Morgan fingerprint density at radius 3 is 1.46 bits per heavy atom. The van der Waals surface area contributed by atoms with Crippen LogP contribution in [0, 0.1) is 0 Å². The van der Waals surface area contributed by atoms with E-state index in [-0.39, 0.29) is 11.9 Å². The van der Waals surface area contributed by atoms with Crippen molar-refractivity contribution >= 4 is 45.6 Å². The normalized spacial score (nSPS) is 15.8. The fourth-order valence-corrected chi connectivity index (χ4v) is 3.62. The molecular weight excluding hydrogens is 304 g/mol. The van der Waals surface area contributed by atoms with E-state index in [0.717, 1.165) is 32.0 Å². The van der Waals surface area contributed by atoms with Gasteiger partial charge >= 0.3 is 11.9 Å². The summed E-state index contributed by atoms with van der Waals surface area (Å²) in [7, 11) is 0. The predicted octanol–water partition coefficient (Wildman–Crippen LogP) is 1.89. The first kappa shape index (κ1) is 13.3. The molecule has 4 nitrogen and oxygen atoms in total. The van der Waals surface area contributed by atoms with Crippen molar-refractivity contribution in [3.63, 3.8) is 0 Å². The third-order valence-electron chi connectivity index (χ3n) is 4.72. The van der Waals surface area contributed by atoms with Gasteiger partial charge in [0.15, 0.2) is 0 Å². The Morgan fingerprint density at radius 1 is 0.583 bits per heavy atom. The lowest BCUT2D eigenvalue weighted by Crippen LogP contribution is -2.25. The van der Waals surface area contributed by atoms with Gasteiger partial charge in [-0.3, -0.25) is 0 Å². The third-order valence-corrected chi connectivity index (χ3v) is 4.72. The van der Waals surface area contributed by atoms with E-state index in [2.05, 4.69) is 0 Å². The zero-order chi connectivity index (χ0) is 16.3. The molecule has 0 radical (unpaired) electrons. The molecule has 4 heteroatoms. The molecule has 3 aromatic carbocycles. The van der Waals surface area contributed by atoms with Gasteiger partial charge in [-0.15, -0.1) is 0 Å². The highest BCUT2D eigenvalue weighted by Gasteiger charge is 2.18. The van der Waals surface area contributed by atoms with E-state index in [4.69, 9.17) is 9.47 Å². The molecular formula is C20H12O4. The van der Waals surface area contributed by atoms with Crippen LogP contribution in [-0.2, 0) is 9.47 Å². The monoisotopic (exact) mass is 316 g/mol. The summed E-state index contributed by atoms with van der Waals surface area (Å²) in [6.07, 6.45) is 3.87. The molecule has 0 atom stereocenters. The SMILES string of the molecule is O=C1OCC=c2c1ccc1c2ccc2c3c(ccc21)C(=O)OCC=3. The highest BCUT2D eigenvalue weighted by atomic mass is 16.5. The second kappa shape index (κ2) is 4.68. The quantitative estimate of drug-likeness (QED) is 0.469. The average molecular weight is 316 g/mol. The first-order chi connectivity index (χ1) is 11.7. The van der Waals surface area contributed by atoms with Crippen LogP contribution in [0.25, 0.3) is 33.7 Å². The van der Waals surface area contributed by atoms with Crippen molar-refractivity contribution in [1.82, 2.24) is 0 Å². The molecule has 5 rings (SSSR count). The molecule has 116 valence electrons. The average Bonchev–Trinajstić information content (AvgIpc) is 2.61. The molecule has 0 aromatic heterocycles. The van der Waals surface area contributed by atoms with Gasteiger partial charge in [-0.05, 0) is 56.3 Å². The molecule has 0 bridgehead atoms. The summed E-state index contributed by atoms with van der Waals surface area (Å²) in [5, 5.41) is 6.02. The van der Waals surface area contributed by atoms with Crippen molar-refractivity contribution in [3.8, 4) is 0 Å². The standard InChI is InChI=1S/C20H12O4/c21-19-17-5-3-11-12-4-6-18-16(8-10-24-20(18)22)14(12)2-1-13(11)15(17)7-9-23-19/h1-8H,9-10H2. The van der Waals surface area contributed by atoms with Gasteiger partial charge in [0.1, 0.15) is 13.2 Å². The maximum absolute atomic E-state index is 11.9. The summed E-state index contributed by atoms with van der Waals surface area (Å²) in [5.74, 6) is -0.563. The van der Waals surface area contributed by atoms with Crippen molar-refractivity contribution in [2.45, 2.75) is 0 Å². The van der Waals surface area contributed by atoms with E-state index in [1.807, 2.05) is 48.6 Å². The molecule has 0 saturated carbocycles. The molecule has 2 heterocycles. The maximum Gasteiger partial charge on any atom is 0.339 e. The molecule has 24 heavy (non-hydrogen) atoms. The van der Waals surface area contributed by atoms with Crippen LogP contribution < -0.4 is 10.4 Å². The lowest BCUT2D eigenvalue weighted by atomic mass is 9.94. The summed E-state index contributed by atoms with van der Waals surface area (Å²) < 4.78 is 10.2. The first-order valence-electron chi connectivity index (χ1n) is 7.77. The van der Waals surface area contributed by atoms with Crippen LogP contribution in [0.5, 0.6) is 0 Å². The van der Waals surface area contributed by atoms with Gasteiger partial charge in [0.2, 0.25) is 0 Å². The van der Waals surface area contributed by atoms with Crippen LogP contribution in [0.1, 0.15) is 20.7 Å². The second-order valence-corrected chi connectivity index (χ2v) is 5.91. The minimum absolute atomic E-state index is 0.281. The summed E-state index contributed by atoms with van der Waals surface area (Å²) in [5.41, 5.74) is 1.20. The molecule has 2 aliphatic rings. The predicted molar refractivity (Wildman–Crippen MR) is 90.2 cm³/mol. The Bertz CT molecular complexity index is 1090. The largest absolute Gasteiger partial charge is 0.458 e. The second-order valence-electron chi connectivity index (χ2n) is 5.91. The van der Waals surface area contributed by atoms with Crippen LogP contribution in [0.3, 0.4) is 0 Å². The summed E-state index contributed by atoms with van der Waals surface area (Å²) >= 11 is 0. The number of fused-ring (bicyclic) bond motifs is 7. The van der Waals surface area contributed by atoms with Gasteiger partial charge < -0.3 is 9.47 Å². The molecule has 2 aliphatic heterocycles. The topological polar surface area (TPSA) is 52.6 Å². The Balaban J connectivity index is 1.95. The van der Waals surface area contributed by atoms with Gasteiger partial charge in [-0.25, -0.2) is 9.59 Å². The Kier molecular flexibility index (Phi) is 2.59. The minimum atomic E-state index is -0.281. The molecule has 0 N–H and O–H groups in total. The number of ether oxygens (including phenoxy) is 2. The lowest BCUT2D eigenvalue weighted by Gasteiger charge is -2.15. The maximum atomic E-state index is 11.9. The molecule has 0 unspecified atom stereocenters. The van der Waals surface area contributed by atoms with E-state index in [9.17, 15) is 9.59 Å². The Hall–Kier alpha value is -3.14. The highest BCUT2D eigenvalue weighted by molar-refractivity contribution is 6.11. The highest BCUT2D eigenvalue weighted by Crippen LogP contribution is 2.24. The van der Waals surface area contributed by atoms with Crippen LogP contribution >= 0.6 is 0 Å². The first-order valence-corrected chi connectivity index (χ1v) is 7.77. The number of cyclic esters (lactones) is 2. The van der Waals surface area contributed by atoms with Crippen LogP contribution in [0.2, 0.25) is 0 Å².